The maximum Gasteiger partial charge on any atom is 0.274 e. The van der Waals surface area contributed by atoms with E-state index >= 15 is 0 Å². The van der Waals surface area contributed by atoms with Gasteiger partial charge in [-0.15, -0.1) is 0 Å². The summed E-state index contributed by atoms with van der Waals surface area (Å²) in [7, 11) is 0. The number of aromatic nitrogens is 2. The highest BCUT2D eigenvalue weighted by atomic mass is 35.5. The molecule has 1 N–H and O–H groups in total. The Morgan fingerprint density at radius 3 is 2.33 bits per heavy atom. The second kappa shape index (κ2) is 8.85. The Kier molecular flexibility index (Phi) is 6.82. The Balaban J connectivity index is 2.09. The van der Waals surface area contributed by atoms with Crippen molar-refractivity contribution in [1.82, 2.24) is 14.9 Å². The molecule has 0 aliphatic heterocycles. The summed E-state index contributed by atoms with van der Waals surface area (Å²) in [6.07, 6.45) is 4.85. The van der Waals surface area contributed by atoms with Gasteiger partial charge < -0.3 is 10.2 Å². The number of rotatable bonds is 7. The van der Waals surface area contributed by atoms with E-state index in [2.05, 4.69) is 15.3 Å². The summed E-state index contributed by atoms with van der Waals surface area (Å²) >= 11 is 11.9. The fourth-order valence-electron chi connectivity index (χ4n) is 2.24. The molecule has 0 saturated heterocycles. The quantitative estimate of drug-likeness (QED) is 0.765. The van der Waals surface area contributed by atoms with Crippen LogP contribution in [0.4, 0.5) is 11.5 Å². The van der Waals surface area contributed by atoms with Crippen LogP contribution in [0.15, 0.2) is 30.6 Å². The van der Waals surface area contributed by atoms with E-state index in [9.17, 15) is 4.79 Å². The molecule has 0 aliphatic rings. The Labute approximate surface area is 152 Å². The third kappa shape index (κ3) is 4.82. The molecule has 2 aromatic rings. The molecule has 1 heterocycles. The van der Waals surface area contributed by atoms with Crippen molar-refractivity contribution >= 4 is 40.6 Å². The summed E-state index contributed by atoms with van der Waals surface area (Å²) < 4.78 is 0. The summed E-state index contributed by atoms with van der Waals surface area (Å²) in [4.78, 5) is 22.7. The topological polar surface area (TPSA) is 58.1 Å². The van der Waals surface area contributed by atoms with Crippen LogP contribution in [0.1, 0.15) is 37.2 Å². The van der Waals surface area contributed by atoms with Crippen LogP contribution in [0.3, 0.4) is 0 Å². The first-order valence-electron chi connectivity index (χ1n) is 7.88. The molecular formula is C17H20Cl2N4O. The molecule has 24 heavy (non-hydrogen) atoms. The highest BCUT2D eigenvalue weighted by molar-refractivity contribution is 6.42. The fourth-order valence-corrected chi connectivity index (χ4v) is 2.54. The number of hydrogen-bond acceptors (Lipinski definition) is 4. The van der Waals surface area contributed by atoms with E-state index in [0.717, 1.165) is 31.6 Å². The average Bonchev–Trinajstić information content (AvgIpc) is 2.58. The van der Waals surface area contributed by atoms with Crippen LogP contribution in [-0.2, 0) is 0 Å². The van der Waals surface area contributed by atoms with Gasteiger partial charge >= 0.3 is 0 Å². The van der Waals surface area contributed by atoms with Gasteiger partial charge in [-0.1, -0.05) is 37.0 Å². The Morgan fingerprint density at radius 2 is 1.79 bits per heavy atom. The molecule has 0 spiro atoms. The molecule has 5 nitrogen and oxygen atoms in total. The van der Waals surface area contributed by atoms with Crippen LogP contribution in [0.25, 0.3) is 0 Å². The third-order valence-corrected chi connectivity index (χ3v) is 4.08. The lowest BCUT2D eigenvalue weighted by molar-refractivity contribution is 0.0749. The van der Waals surface area contributed by atoms with Gasteiger partial charge in [0, 0.05) is 18.8 Å². The van der Waals surface area contributed by atoms with Gasteiger partial charge in [-0.05, 0) is 31.0 Å². The molecule has 0 bridgehead atoms. The average molecular weight is 367 g/mol. The lowest BCUT2D eigenvalue weighted by Gasteiger charge is -2.20. The van der Waals surface area contributed by atoms with Gasteiger partial charge in [0.1, 0.15) is 11.5 Å². The first-order valence-corrected chi connectivity index (χ1v) is 8.64. The van der Waals surface area contributed by atoms with Crippen molar-refractivity contribution in [3.8, 4) is 0 Å². The predicted octanol–water partition coefficient (Wildman–Crippen LogP) is 4.79. The number of amides is 1. The van der Waals surface area contributed by atoms with Crippen molar-refractivity contribution in [2.24, 2.45) is 0 Å². The number of benzene rings is 1. The Hall–Kier alpha value is -1.85. The SMILES string of the molecule is CCCN(CCC)C(=O)c1cnc(Nc2ccc(Cl)c(Cl)c2)cn1. The molecule has 1 aromatic heterocycles. The predicted molar refractivity (Wildman–Crippen MR) is 98.3 cm³/mol. The monoisotopic (exact) mass is 366 g/mol. The maximum atomic E-state index is 12.4. The standard InChI is InChI=1S/C17H20Cl2N4O/c1-3-7-23(8-4-2)17(24)15-10-21-16(11-20-15)22-12-5-6-13(18)14(19)9-12/h5-6,9-11H,3-4,7-8H2,1-2H3,(H,21,22). The Bertz CT molecular complexity index is 685. The minimum absolute atomic E-state index is 0.0905. The summed E-state index contributed by atoms with van der Waals surface area (Å²) in [5, 5.41) is 4.02. The molecule has 7 heteroatoms. The van der Waals surface area contributed by atoms with E-state index < -0.39 is 0 Å². The van der Waals surface area contributed by atoms with Crippen molar-refractivity contribution in [1.29, 1.82) is 0 Å². The van der Waals surface area contributed by atoms with Gasteiger partial charge in [0.05, 0.1) is 22.4 Å². The Morgan fingerprint density at radius 1 is 1.08 bits per heavy atom. The van der Waals surface area contributed by atoms with Gasteiger partial charge in [0.2, 0.25) is 0 Å². The zero-order valence-electron chi connectivity index (χ0n) is 13.7. The largest absolute Gasteiger partial charge is 0.339 e. The van der Waals surface area contributed by atoms with Crippen molar-refractivity contribution in [2.45, 2.75) is 26.7 Å². The van der Waals surface area contributed by atoms with Crippen molar-refractivity contribution in [3.63, 3.8) is 0 Å². The number of carbonyl (C=O) groups excluding carboxylic acids is 1. The number of carbonyl (C=O) groups is 1. The van der Waals surface area contributed by atoms with Crippen molar-refractivity contribution in [3.05, 3.63) is 46.3 Å². The molecule has 1 aromatic carbocycles. The highest BCUT2D eigenvalue weighted by Crippen LogP contribution is 2.26. The maximum absolute atomic E-state index is 12.4. The first kappa shape index (κ1) is 18.5. The zero-order chi connectivity index (χ0) is 17.5. The normalized spacial score (nSPS) is 10.5. The van der Waals surface area contributed by atoms with Gasteiger partial charge in [-0.3, -0.25) is 4.79 Å². The number of hydrogen-bond donors (Lipinski definition) is 1. The van der Waals surface area contributed by atoms with E-state index in [-0.39, 0.29) is 5.91 Å². The first-order chi connectivity index (χ1) is 11.5. The number of nitrogens with zero attached hydrogens (tertiary/aromatic N) is 3. The van der Waals surface area contributed by atoms with E-state index in [1.807, 2.05) is 13.8 Å². The third-order valence-electron chi connectivity index (χ3n) is 3.34. The number of halogens is 2. The minimum atomic E-state index is -0.0905. The molecule has 2 rings (SSSR count). The van der Waals surface area contributed by atoms with Crippen LogP contribution in [0, 0.1) is 0 Å². The van der Waals surface area contributed by atoms with Gasteiger partial charge in [-0.2, -0.15) is 0 Å². The van der Waals surface area contributed by atoms with E-state index in [1.54, 1.807) is 23.1 Å². The molecule has 0 radical (unpaired) electrons. The van der Waals surface area contributed by atoms with Crippen LogP contribution in [0.2, 0.25) is 10.0 Å². The van der Waals surface area contributed by atoms with Crippen molar-refractivity contribution < 1.29 is 4.79 Å². The summed E-state index contributed by atoms with van der Waals surface area (Å²) in [5.41, 5.74) is 1.09. The van der Waals surface area contributed by atoms with E-state index in [0.29, 0.717) is 21.6 Å². The lowest BCUT2D eigenvalue weighted by atomic mass is 10.3. The summed E-state index contributed by atoms with van der Waals surface area (Å²) in [6.45, 7) is 5.53. The molecule has 128 valence electrons. The molecule has 0 atom stereocenters. The molecule has 1 amide bonds. The van der Waals surface area contributed by atoms with Crippen LogP contribution < -0.4 is 5.32 Å². The molecule has 0 unspecified atom stereocenters. The van der Waals surface area contributed by atoms with Gasteiger partial charge in [-0.25, -0.2) is 9.97 Å². The van der Waals surface area contributed by atoms with E-state index in [4.69, 9.17) is 23.2 Å². The van der Waals surface area contributed by atoms with Gasteiger partial charge in [0.25, 0.3) is 5.91 Å². The van der Waals surface area contributed by atoms with Crippen LogP contribution >= 0.6 is 23.2 Å². The zero-order valence-corrected chi connectivity index (χ0v) is 15.2. The lowest BCUT2D eigenvalue weighted by Crippen LogP contribution is -2.33. The molecule has 0 fully saturated rings. The molecule has 0 saturated carbocycles. The smallest absolute Gasteiger partial charge is 0.274 e. The second-order valence-electron chi connectivity index (χ2n) is 5.33. The van der Waals surface area contributed by atoms with Crippen LogP contribution in [0.5, 0.6) is 0 Å². The fraction of sp³-hybridized carbons (Fsp3) is 0.353. The van der Waals surface area contributed by atoms with E-state index in [1.165, 1.54) is 12.4 Å². The number of anilines is 2. The minimum Gasteiger partial charge on any atom is -0.339 e. The van der Waals surface area contributed by atoms with Gasteiger partial charge in [0.15, 0.2) is 0 Å². The molecule has 0 aliphatic carbocycles. The van der Waals surface area contributed by atoms with Crippen LogP contribution in [-0.4, -0.2) is 33.9 Å². The van der Waals surface area contributed by atoms with Crippen molar-refractivity contribution in [2.75, 3.05) is 18.4 Å². The molecular weight excluding hydrogens is 347 g/mol. The summed E-state index contributed by atoms with van der Waals surface area (Å²) in [6, 6.07) is 5.19. The second-order valence-corrected chi connectivity index (χ2v) is 6.15. The number of nitrogens with one attached hydrogen (secondary N) is 1. The summed E-state index contributed by atoms with van der Waals surface area (Å²) in [5.74, 6) is 0.440. The highest BCUT2D eigenvalue weighted by Gasteiger charge is 2.16.